The van der Waals surface area contributed by atoms with Crippen LogP contribution in [0.5, 0.6) is 5.75 Å². The zero-order chi connectivity index (χ0) is 21.5. The Kier molecular flexibility index (Phi) is 4.98. The first kappa shape index (κ1) is 20.0. The lowest BCUT2D eigenvalue weighted by atomic mass is 10.1. The molecule has 30 heavy (non-hydrogen) atoms. The highest BCUT2D eigenvalue weighted by Gasteiger charge is 2.32. The van der Waals surface area contributed by atoms with Crippen LogP contribution in [0.4, 0.5) is 23.4 Å². The molecular weight excluding hydrogens is 402 g/mol. The van der Waals surface area contributed by atoms with E-state index >= 15 is 0 Å². The van der Waals surface area contributed by atoms with E-state index in [1.54, 1.807) is 35.9 Å². The Bertz CT molecular complexity index is 1230. The maximum absolute atomic E-state index is 13.6. The van der Waals surface area contributed by atoms with Gasteiger partial charge in [0.1, 0.15) is 17.2 Å². The Morgan fingerprint density at radius 1 is 1.13 bits per heavy atom. The zero-order valence-corrected chi connectivity index (χ0v) is 15.8. The molecule has 0 spiro atoms. The van der Waals surface area contributed by atoms with E-state index in [2.05, 4.69) is 15.0 Å². The van der Waals surface area contributed by atoms with Gasteiger partial charge in [-0.2, -0.15) is 0 Å². The van der Waals surface area contributed by atoms with Crippen LogP contribution in [0.3, 0.4) is 0 Å². The third-order valence-electron chi connectivity index (χ3n) is 4.67. The molecule has 2 aromatic heterocycles. The number of aryl methyl sites for hydroxylation is 1. The van der Waals surface area contributed by atoms with E-state index in [9.17, 15) is 17.6 Å². The standard InChI is InChI=1S/C21H17F4N3O2/c1-12-11-13(22)5-6-16(12)28-9-7-15-19(28)14-3-2-4-17(30-21(23,24)25)18(14)27-20(15)26-8-10-29/h2-7,9,11,29H,8,10H2,1H3,(H,26,27). The van der Waals surface area contributed by atoms with E-state index in [0.717, 1.165) is 0 Å². The molecule has 5 nitrogen and oxygen atoms in total. The number of para-hydroxylation sites is 1. The Labute approximate surface area is 168 Å². The van der Waals surface area contributed by atoms with Crippen molar-refractivity contribution in [3.63, 3.8) is 0 Å². The van der Waals surface area contributed by atoms with Gasteiger partial charge in [0, 0.05) is 29.2 Å². The smallest absolute Gasteiger partial charge is 0.403 e. The van der Waals surface area contributed by atoms with Crippen molar-refractivity contribution >= 4 is 27.6 Å². The molecule has 2 heterocycles. The number of ether oxygens (including phenoxy) is 1. The van der Waals surface area contributed by atoms with Gasteiger partial charge >= 0.3 is 6.36 Å². The first-order valence-corrected chi connectivity index (χ1v) is 9.09. The topological polar surface area (TPSA) is 59.3 Å². The number of fused-ring (bicyclic) bond motifs is 3. The Morgan fingerprint density at radius 2 is 1.93 bits per heavy atom. The Balaban J connectivity index is 2.05. The molecule has 0 saturated heterocycles. The first-order valence-electron chi connectivity index (χ1n) is 9.09. The molecule has 2 aromatic carbocycles. The van der Waals surface area contributed by atoms with Crippen molar-refractivity contribution in [3.05, 3.63) is 60.0 Å². The van der Waals surface area contributed by atoms with Crippen LogP contribution in [0.25, 0.3) is 27.5 Å². The van der Waals surface area contributed by atoms with Gasteiger partial charge in [-0.05, 0) is 42.8 Å². The zero-order valence-electron chi connectivity index (χ0n) is 15.8. The lowest BCUT2D eigenvalue weighted by Crippen LogP contribution is -2.17. The van der Waals surface area contributed by atoms with Gasteiger partial charge in [-0.3, -0.25) is 0 Å². The number of hydrogen-bond acceptors (Lipinski definition) is 4. The number of benzene rings is 2. The summed E-state index contributed by atoms with van der Waals surface area (Å²) in [6.45, 7) is 1.73. The average molecular weight is 419 g/mol. The Hall–Kier alpha value is -3.33. The fraction of sp³-hybridized carbons (Fsp3) is 0.190. The van der Waals surface area contributed by atoms with Crippen LogP contribution in [0, 0.1) is 12.7 Å². The van der Waals surface area contributed by atoms with Crippen LogP contribution in [0.2, 0.25) is 0 Å². The number of hydrogen-bond donors (Lipinski definition) is 2. The predicted molar refractivity (Wildman–Crippen MR) is 106 cm³/mol. The van der Waals surface area contributed by atoms with Crippen molar-refractivity contribution in [2.75, 3.05) is 18.5 Å². The second-order valence-corrected chi connectivity index (χ2v) is 6.69. The number of aliphatic hydroxyl groups excluding tert-OH is 1. The third-order valence-corrected chi connectivity index (χ3v) is 4.67. The van der Waals surface area contributed by atoms with Gasteiger partial charge in [0.25, 0.3) is 0 Å². The van der Waals surface area contributed by atoms with Crippen LogP contribution in [-0.2, 0) is 0 Å². The summed E-state index contributed by atoms with van der Waals surface area (Å²) >= 11 is 0. The monoisotopic (exact) mass is 419 g/mol. The van der Waals surface area contributed by atoms with Crippen LogP contribution < -0.4 is 10.1 Å². The lowest BCUT2D eigenvalue weighted by Gasteiger charge is -2.16. The van der Waals surface area contributed by atoms with Crippen LogP contribution in [-0.4, -0.2) is 34.2 Å². The molecule has 0 bridgehead atoms. The molecule has 4 aromatic rings. The highest BCUT2D eigenvalue weighted by atomic mass is 19.4. The summed E-state index contributed by atoms with van der Waals surface area (Å²) in [7, 11) is 0. The number of anilines is 1. The normalized spacial score (nSPS) is 11.9. The maximum atomic E-state index is 13.6. The minimum Gasteiger partial charge on any atom is -0.403 e. The summed E-state index contributed by atoms with van der Waals surface area (Å²) in [5.74, 6) is -0.508. The fourth-order valence-electron chi connectivity index (χ4n) is 3.51. The molecular formula is C21H17F4N3O2. The molecule has 0 amide bonds. The van der Waals surface area contributed by atoms with Crippen molar-refractivity contribution in [1.29, 1.82) is 0 Å². The number of halogens is 4. The lowest BCUT2D eigenvalue weighted by molar-refractivity contribution is -0.274. The second-order valence-electron chi connectivity index (χ2n) is 6.69. The molecule has 0 fully saturated rings. The van der Waals surface area contributed by atoms with Gasteiger partial charge in [0.2, 0.25) is 0 Å². The first-order chi connectivity index (χ1) is 14.3. The van der Waals surface area contributed by atoms with Gasteiger partial charge in [-0.1, -0.05) is 12.1 Å². The number of pyridine rings is 1. The molecule has 0 aliphatic heterocycles. The van der Waals surface area contributed by atoms with Crippen LogP contribution in [0.15, 0.2) is 48.7 Å². The maximum Gasteiger partial charge on any atom is 0.573 e. The average Bonchev–Trinajstić information content (AvgIpc) is 3.11. The quantitative estimate of drug-likeness (QED) is 0.451. The molecule has 0 radical (unpaired) electrons. The van der Waals surface area contributed by atoms with E-state index in [4.69, 9.17) is 5.11 Å². The van der Waals surface area contributed by atoms with E-state index in [1.165, 1.54) is 24.3 Å². The van der Waals surface area contributed by atoms with E-state index in [-0.39, 0.29) is 24.5 Å². The summed E-state index contributed by atoms with van der Waals surface area (Å²) in [6.07, 6.45) is -3.13. The highest BCUT2D eigenvalue weighted by Crippen LogP contribution is 2.37. The molecule has 0 unspecified atom stereocenters. The number of aliphatic hydroxyl groups is 1. The van der Waals surface area contributed by atoms with Crippen molar-refractivity contribution in [1.82, 2.24) is 9.55 Å². The van der Waals surface area contributed by atoms with Crippen LogP contribution in [0.1, 0.15) is 5.56 Å². The number of nitrogens with zero attached hydrogens (tertiary/aromatic N) is 2. The molecule has 4 rings (SSSR count). The van der Waals surface area contributed by atoms with Crippen molar-refractivity contribution in [2.24, 2.45) is 0 Å². The number of nitrogens with one attached hydrogen (secondary N) is 1. The van der Waals surface area contributed by atoms with Gasteiger partial charge in [0.05, 0.1) is 12.1 Å². The number of rotatable bonds is 5. The van der Waals surface area contributed by atoms with E-state index in [1.807, 2.05) is 0 Å². The third kappa shape index (κ3) is 3.63. The Morgan fingerprint density at radius 3 is 2.63 bits per heavy atom. The van der Waals surface area contributed by atoms with Crippen LogP contribution >= 0.6 is 0 Å². The second kappa shape index (κ2) is 7.49. The fourth-order valence-corrected chi connectivity index (χ4v) is 3.51. The van der Waals surface area contributed by atoms with Crippen molar-refractivity contribution in [3.8, 4) is 11.4 Å². The number of alkyl halides is 3. The molecule has 0 aliphatic carbocycles. The SMILES string of the molecule is Cc1cc(F)ccc1-n1ccc2c(NCCO)nc3c(OC(F)(F)F)cccc3c21. The summed E-state index contributed by atoms with van der Waals surface area (Å²) in [5.41, 5.74) is 1.93. The largest absolute Gasteiger partial charge is 0.573 e. The minimum atomic E-state index is -4.88. The van der Waals surface area contributed by atoms with Gasteiger partial charge < -0.3 is 19.7 Å². The van der Waals surface area contributed by atoms with E-state index in [0.29, 0.717) is 33.4 Å². The van der Waals surface area contributed by atoms with Crippen molar-refractivity contribution in [2.45, 2.75) is 13.3 Å². The molecule has 0 saturated carbocycles. The van der Waals surface area contributed by atoms with Crippen molar-refractivity contribution < 1.29 is 27.4 Å². The molecule has 2 N–H and O–H groups in total. The summed E-state index contributed by atoms with van der Waals surface area (Å²) in [6, 6.07) is 10.4. The summed E-state index contributed by atoms with van der Waals surface area (Å²) in [4.78, 5) is 4.35. The molecule has 156 valence electrons. The van der Waals surface area contributed by atoms with E-state index < -0.39 is 12.1 Å². The molecule has 0 aliphatic rings. The van der Waals surface area contributed by atoms with Gasteiger partial charge in [-0.25, -0.2) is 9.37 Å². The predicted octanol–water partition coefficient (Wildman–Crippen LogP) is 4.93. The summed E-state index contributed by atoms with van der Waals surface area (Å²) in [5, 5.41) is 13.2. The number of aromatic nitrogens is 2. The molecule has 0 atom stereocenters. The van der Waals surface area contributed by atoms with Gasteiger partial charge in [-0.15, -0.1) is 13.2 Å². The minimum absolute atomic E-state index is 0.0162. The molecule has 9 heteroatoms. The van der Waals surface area contributed by atoms with Gasteiger partial charge in [0.15, 0.2) is 5.75 Å². The summed E-state index contributed by atoms with van der Waals surface area (Å²) < 4.78 is 58.3. The highest BCUT2D eigenvalue weighted by molar-refractivity contribution is 6.10.